The van der Waals surface area contributed by atoms with Crippen LogP contribution in [0.2, 0.25) is 0 Å². The molecule has 1 aliphatic rings. The highest BCUT2D eigenvalue weighted by molar-refractivity contribution is 5.42. The Hall–Kier alpha value is -1.42. The molecule has 0 amide bonds. The molecule has 0 aliphatic heterocycles. The van der Waals surface area contributed by atoms with Gasteiger partial charge in [0.2, 0.25) is 0 Å². The van der Waals surface area contributed by atoms with Crippen LogP contribution in [0.4, 0.5) is 5.69 Å². The van der Waals surface area contributed by atoms with E-state index in [4.69, 9.17) is 0 Å². The average Bonchev–Trinajstić information content (AvgIpc) is 2.38. The summed E-state index contributed by atoms with van der Waals surface area (Å²) >= 11 is 0. The summed E-state index contributed by atoms with van der Waals surface area (Å²) < 4.78 is 0. The molecule has 0 heterocycles. The van der Waals surface area contributed by atoms with E-state index in [-0.39, 0.29) is 10.6 Å². The van der Waals surface area contributed by atoms with E-state index in [1.54, 1.807) is 13.0 Å². The molecule has 0 saturated heterocycles. The van der Waals surface area contributed by atoms with E-state index >= 15 is 0 Å². The zero-order valence-corrected chi connectivity index (χ0v) is 12.2. The molecule has 20 heavy (non-hydrogen) atoms. The highest BCUT2D eigenvalue weighted by atomic mass is 16.6. The van der Waals surface area contributed by atoms with Crippen molar-refractivity contribution >= 4 is 5.69 Å². The number of hydrogen-bond donors (Lipinski definition) is 1. The Morgan fingerprint density at radius 3 is 2.50 bits per heavy atom. The number of nitro groups is 1. The Balaban J connectivity index is 1.92. The van der Waals surface area contributed by atoms with Gasteiger partial charge < -0.3 is 5.32 Å². The van der Waals surface area contributed by atoms with E-state index in [0.29, 0.717) is 6.04 Å². The third kappa shape index (κ3) is 4.30. The number of aryl methyl sites for hydroxylation is 1. The number of nitro benzene ring substituents is 1. The van der Waals surface area contributed by atoms with Gasteiger partial charge in [-0.25, -0.2) is 0 Å². The third-order valence-electron chi connectivity index (χ3n) is 4.17. The van der Waals surface area contributed by atoms with E-state index in [9.17, 15) is 10.1 Å². The van der Waals surface area contributed by atoms with Crippen molar-refractivity contribution < 1.29 is 4.92 Å². The van der Waals surface area contributed by atoms with Crippen LogP contribution in [-0.2, 0) is 6.54 Å². The third-order valence-corrected chi connectivity index (χ3v) is 4.17. The Labute approximate surface area is 120 Å². The molecular weight excluding hydrogens is 252 g/mol. The number of nitrogens with one attached hydrogen (secondary N) is 1. The second-order valence-corrected chi connectivity index (χ2v) is 5.80. The van der Waals surface area contributed by atoms with Crippen molar-refractivity contribution in [3.05, 3.63) is 39.4 Å². The van der Waals surface area contributed by atoms with Crippen molar-refractivity contribution in [3.8, 4) is 0 Å². The summed E-state index contributed by atoms with van der Waals surface area (Å²) in [7, 11) is 0. The summed E-state index contributed by atoms with van der Waals surface area (Å²) in [5.41, 5.74) is 1.95. The normalized spacial score (nSPS) is 17.4. The molecular formula is C16H24N2O2. The van der Waals surface area contributed by atoms with E-state index in [0.717, 1.165) is 17.7 Å². The lowest BCUT2D eigenvalue weighted by Crippen LogP contribution is -2.29. The molecule has 0 atom stereocenters. The summed E-state index contributed by atoms with van der Waals surface area (Å²) in [6.45, 7) is 2.51. The maximum atomic E-state index is 10.9. The fourth-order valence-electron chi connectivity index (χ4n) is 2.88. The highest BCUT2D eigenvalue weighted by Crippen LogP contribution is 2.20. The Morgan fingerprint density at radius 2 is 1.85 bits per heavy atom. The molecule has 110 valence electrons. The Morgan fingerprint density at radius 1 is 1.20 bits per heavy atom. The average molecular weight is 276 g/mol. The van der Waals surface area contributed by atoms with Gasteiger partial charge in [-0.2, -0.15) is 0 Å². The van der Waals surface area contributed by atoms with Gasteiger partial charge in [0.05, 0.1) is 4.92 Å². The molecule has 0 radical (unpaired) electrons. The first-order valence-corrected chi connectivity index (χ1v) is 7.64. The number of rotatable bonds is 4. The minimum Gasteiger partial charge on any atom is -0.310 e. The lowest BCUT2D eigenvalue weighted by Gasteiger charge is -2.21. The molecule has 1 aromatic rings. The summed E-state index contributed by atoms with van der Waals surface area (Å²) in [5, 5.41) is 14.5. The molecule has 4 nitrogen and oxygen atoms in total. The maximum absolute atomic E-state index is 10.9. The monoisotopic (exact) mass is 276 g/mol. The van der Waals surface area contributed by atoms with Gasteiger partial charge in [-0.15, -0.1) is 0 Å². The highest BCUT2D eigenvalue weighted by Gasteiger charge is 2.13. The molecule has 0 bridgehead atoms. The van der Waals surface area contributed by atoms with Crippen LogP contribution in [0.1, 0.15) is 56.1 Å². The van der Waals surface area contributed by atoms with Crippen LogP contribution in [0.15, 0.2) is 18.2 Å². The lowest BCUT2D eigenvalue weighted by molar-refractivity contribution is -0.385. The molecule has 0 unspecified atom stereocenters. The Kier molecular flexibility index (Phi) is 5.53. The van der Waals surface area contributed by atoms with Crippen molar-refractivity contribution in [3.63, 3.8) is 0 Å². The van der Waals surface area contributed by atoms with Gasteiger partial charge in [0.15, 0.2) is 0 Å². The number of benzene rings is 1. The standard InChI is InChI=1S/C16H24N2O2/c1-13-9-10-14(11-16(13)18(19)20)12-17-15-7-5-3-2-4-6-8-15/h9-11,15,17H,2-8,12H2,1H3. The molecule has 1 saturated carbocycles. The number of nitrogens with zero attached hydrogens (tertiary/aromatic N) is 1. The first kappa shape index (κ1) is 15.0. The van der Waals surface area contributed by atoms with E-state index < -0.39 is 0 Å². The van der Waals surface area contributed by atoms with Crippen LogP contribution < -0.4 is 5.32 Å². The summed E-state index contributed by atoms with van der Waals surface area (Å²) in [5.74, 6) is 0. The minimum absolute atomic E-state index is 0.224. The van der Waals surface area contributed by atoms with Crippen molar-refractivity contribution in [2.75, 3.05) is 0 Å². The fraction of sp³-hybridized carbons (Fsp3) is 0.625. The van der Waals surface area contributed by atoms with Crippen LogP contribution in [0, 0.1) is 17.0 Å². The molecule has 0 aromatic heterocycles. The molecule has 0 spiro atoms. The van der Waals surface area contributed by atoms with Crippen LogP contribution in [-0.4, -0.2) is 11.0 Å². The van der Waals surface area contributed by atoms with Gasteiger partial charge in [-0.1, -0.05) is 44.2 Å². The zero-order chi connectivity index (χ0) is 14.4. The molecule has 4 heteroatoms. The van der Waals surface area contributed by atoms with Gasteiger partial charge in [-0.05, 0) is 25.3 Å². The first-order valence-electron chi connectivity index (χ1n) is 7.64. The van der Waals surface area contributed by atoms with Gasteiger partial charge >= 0.3 is 0 Å². The smallest absolute Gasteiger partial charge is 0.272 e. The number of hydrogen-bond acceptors (Lipinski definition) is 3. The quantitative estimate of drug-likeness (QED) is 0.665. The molecule has 2 rings (SSSR count). The molecule has 1 fully saturated rings. The van der Waals surface area contributed by atoms with Gasteiger partial charge in [0, 0.05) is 24.2 Å². The molecule has 1 aliphatic carbocycles. The van der Waals surface area contributed by atoms with Crippen LogP contribution >= 0.6 is 0 Å². The van der Waals surface area contributed by atoms with Gasteiger partial charge in [-0.3, -0.25) is 10.1 Å². The van der Waals surface area contributed by atoms with Gasteiger partial charge in [0.25, 0.3) is 5.69 Å². The summed E-state index contributed by atoms with van der Waals surface area (Å²) in [6.07, 6.45) is 9.11. The van der Waals surface area contributed by atoms with Crippen molar-refractivity contribution in [2.24, 2.45) is 0 Å². The van der Waals surface area contributed by atoms with Crippen molar-refractivity contribution in [1.29, 1.82) is 0 Å². The SMILES string of the molecule is Cc1ccc(CNC2CCCCCCC2)cc1[N+](=O)[O-]. The second-order valence-electron chi connectivity index (χ2n) is 5.80. The van der Waals surface area contributed by atoms with Crippen LogP contribution in [0.3, 0.4) is 0 Å². The molecule has 1 aromatic carbocycles. The van der Waals surface area contributed by atoms with Crippen molar-refractivity contribution in [2.45, 2.75) is 64.5 Å². The predicted octanol–water partition coefficient (Wildman–Crippen LogP) is 4.11. The summed E-state index contributed by atoms with van der Waals surface area (Å²) in [6, 6.07) is 6.09. The second kappa shape index (κ2) is 7.39. The first-order chi connectivity index (χ1) is 9.66. The zero-order valence-electron chi connectivity index (χ0n) is 12.2. The predicted molar refractivity (Wildman–Crippen MR) is 80.8 cm³/mol. The Bertz CT molecular complexity index is 452. The minimum atomic E-state index is -0.297. The lowest BCUT2D eigenvalue weighted by atomic mass is 9.96. The van der Waals surface area contributed by atoms with E-state index in [1.165, 1.54) is 44.9 Å². The van der Waals surface area contributed by atoms with Crippen LogP contribution in [0.5, 0.6) is 0 Å². The largest absolute Gasteiger partial charge is 0.310 e. The van der Waals surface area contributed by atoms with E-state index in [2.05, 4.69) is 5.32 Å². The van der Waals surface area contributed by atoms with Crippen LogP contribution in [0.25, 0.3) is 0 Å². The van der Waals surface area contributed by atoms with E-state index in [1.807, 2.05) is 12.1 Å². The molecule has 1 N–H and O–H groups in total. The van der Waals surface area contributed by atoms with Crippen molar-refractivity contribution in [1.82, 2.24) is 5.32 Å². The fourth-order valence-corrected chi connectivity index (χ4v) is 2.88. The summed E-state index contributed by atoms with van der Waals surface area (Å²) in [4.78, 5) is 10.7. The topological polar surface area (TPSA) is 55.2 Å². The maximum Gasteiger partial charge on any atom is 0.272 e. The van der Waals surface area contributed by atoms with Gasteiger partial charge in [0.1, 0.15) is 0 Å².